The van der Waals surface area contributed by atoms with Gasteiger partial charge in [-0.25, -0.2) is 8.78 Å². The number of halogens is 2. The Balaban J connectivity index is 2.30. The van der Waals surface area contributed by atoms with Gasteiger partial charge >= 0.3 is 0 Å². The average Bonchev–Trinajstić information content (AvgIpc) is 2.49. The molecule has 0 saturated carbocycles. The van der Waals surface area contributed by atoms with Gasteiger partial charge in [-0.1, -0.05) is 13.0 Å². The molecule has 0 aliphatic rings. The number of hydrogen-bond donors (Lipinski definition) is 1. The van der Waals surface area contributed by atoms with E-state index < -0.39 is 11.6 Å². The summed E-state index contributed by atoms with van der Waals surface area (Å²) in [5, 5.41) is 3.26. The molecule has 2 rings (SSSR count). The lowest BCUT2D eigenvalue weighted by atomic mass is 10.0. The highest BCUT2D eigenvalue weighted by atomic mass is 19.1. The zero-order valence-electron chi connectivity index (χ0n) is 12.1. The molecule has 1 unspecified atom stereocenters. The highest BCUT2D eigenvalue weighted by Crippen LogP contribution is 2.26. The van der Waals surface area contributed by atoms with Gasteiger partial charge in [-0.3, -0.25) is 4.98 Å². The van der Waals surface area contributed by atoms with Crippen LogP contribution < -0.4 is 10.1 Å². The Morgan fingerprint density at radius 2 is 2.10 bits per heavy atom. The third kappa shape index (κ3) is 3.76. The second kappa shape index (κ2) is 7.13. The molecule has 0 spiro atoms. The molecule has 0 aliphatic heterocycles. The van der Waals surface area contributed by atoms with Crippen LogP contribution >= 0.6 is 0 Å². The normalized spacial score (nSPS) is 12.2. The van der Waals surface area contributed by atoms with Crippen molar-refractivity contribution in [1.29, 1.82) is 0 Å². The summed E-state index contributed by atoms with van der Waals surface area (Å²) >= 11 is 0. The number of nitrogens with one attached hydrogen (secondary N) is 1. The van der Waals surface area contributed by atoms with Crippen molar-refractivity contribution in [3.05, 3.63) is 59.4 Å². The standard InChI is InChI=1S/C16H18F2N2O/c1-3-19-14(16-15(21-2)5-4-8-20-16)9-11-6-7-12(17)10-13(11)18/h4-8,10,14,19H,3,9H2,1-2H3. The quantitative estimate of drug-likeness (QED) is 0.887. The molecule has 0 aliphatic carbocycles. The minimum atomic E-state index is -0.577. The highest BCUT2D eigenvalue weighted by Gasteiger charge is 2.19. The Hall–Kier alpha value is -2.01. The monoisotopic (exact) mass is 292 g/mol. The Kier molecular flexibility index (Phi) is 5.22. The number of hydrogen-bond acceptors (Lipinski definition) is 3. The van der Waals surface area contributed by atoms with Crippen LogP contribution in [0.25, 0.3) is 0 Å². The lowest BCUT2D eigenvalue weighted by Gasteiger charge is -2.20. The van der Waals surface area contributed by atoms with Crippen molar-refractivity contribution in [2.24, 2.45) is 0 Å². The SMILES string of the molecule is CCNC(Cc1ccc(F)cc1F)c1ncccc1OC. The molecule has 1 heterocycles. The van der Waals surface area contributed by atoms with E-state index in [0.29, 0.717) is 30.0 Å². The molecule has 21 heavy (non-hydrogen) atoms. The van der Waals surface area contributed by atoms with E-state index in [1.165, 1.54) is 12.1 Å². The first-order chi connectivity index (χ1) is 10.2. The van der Waals surface area contributed by atoms with Crippen molar-refractivity contribution in [2.75, 3.05) is 13.7 Å². The smallest absolute Gasteiger partial charge is 0.141 e. The maximum absolute atomic E-state index is 13.8. The van der Waals surface area contributed by atoms with Crippen LogP contribution in [-0.4, -0.2) is 18.6 Å². The molecule has 5 heteroatoms. The summed E-state index contributed by atoms with van der Waals surface area (Å²) in [6.45, 7) is 2.66. The van der Waals surface area contributed by atoms with Crippen molar-refractivity contribution >= 4 is 0 Å². The van der Waals surface area contributed by atoms with Gasteiger partial charge in [0, 0.05) is 12.3 Å². The van der Waals surface area contributed by atoms with Crippen LogP contribution in [0, 0.1) is 11.6 Å². The van der Waals surface area contributed by atoms with Gasteiger partial charge in [0.1, 0.15) is 17.4 Å². The topological polar surface area (TPSA) is 34.2 Å². The van der Waals surface area contributed by atoms with Crippen LogP contribution in [0.5, 0.6) is 5.75 Å². The number of methoxy groups -OCH3 is 1. The third-order valence-electron chi connectivity index (χ3n) is 3.24. The number of pyridine rings is 1. The van der Waals surface area contributed by atoms with Crippen LogP contribution in [0.4, 0.5) is 8.78 Å². The first-order valence-electron chi connectivity index (χ1n) is 6.82. The van der Waals surface area contributed by atoms with Crippen molar-refractivity contribution in [3.8, 4) is 5.75 Å². The highest BCUT2D eigenvalue weighted by molar-refractivity contribution is 5.31. The molecule has 0 radical (unpaired) electrons. The van der Waals surface area contributed by atoms with Gasteiger partial charge in [-0.05, 0) is 36.7 Å². The number of benzene rings is 1. The molecule has 112 valence electrons. The zero-order chi connectivity index (χ0) is 15.2. The first kappa shape index (κ1) is 15.4. The molecule has 0 amide bonds. The minimum absolute atomic E-state index is 0.203. The van der Waals surface area contributed by atoms with E-state index in [2.05, 4.69) is 10.3 Å². The van der Waals surface area contributed by atoms with Crippen molar-refractivity contribution < 1.29 is 13.5 Å². The van der Waals surface area contributed by atoms with Crippen molar-refractivity contribution in [2.45, 2.75) is 19.4 Å². The molecule has 0 saturated heterocycles. The summed E-state index contributed by atoms with van der Waals surface area (Å²) < 4.78 is 32.1. The van der Waals surface area contributed by atoms with E-state index in [0.717, 1.165) is 6.07 Å². The predicted molar refractivity (Wildman–Crippen MR) is 77.3 cm³/mol. The van der Waals surface area contributed by atoms with Gasteiger partial charge in [0.2, 0.25) is 0 Å². The van der Waals surface area contributed by atoms with Gasteiger partial charge in [0.05, 0.1) is 18.8 Å². The van der Waals surface area contributed by atoms with Crippen LogP contribution in [0.2, 0.25) is 0 Å². The third-order valence-corrected chi connectivity index (χ3v) is 3.24. The molecule has 1 aromatic carbocycles. The molecule has 0 bridgehead atoms. The molecule has 1 N–H and O–H groups in total. The number of likely N-dealkylation sites (N-methyl/N-ethyl adjacent to an activating group) is 1. The van der Waals surface area contributed by atoms with E-state index in [4.69, 9.17) is 4.74 Å². The van der Waals surface area contributed by atoms with E-state index >= 15 is 0 Å². The summed E-state index contributed by atoms with van der Waals surface area (Å²) in [5.41, 5.74) is 1.15. The van der Waals surface area contributed by atoms with E-state index in [1.54, 1.807) is 19.4 Å². The summed E-state index contributed by atoms with van der Waals surface area (Å²) in [5.74, 6) is -0.481. The van der Waals surface area contributed by atoms with E-state index in [1.807, 2.05) is 13.0 Å². The van der Waals surface area contributed by atoms with Crippen LogP contribution in [0.3, 0.4) is 0 Å². The van der Waals surface area contributed by atoms with Crippen LogP contribution in [-0.2, 0) is 6.42 Å². The Morgan fingerprint density at radius 3 is 2.76 bits per heavy atom. The van der Waals surface area contributed by atoms with Crippen LogP contribution in [0.1, 0.15) is 24.2 Å². The molecular formula is C16H18F2N2O. The molecule has 2 aromatic rings. The number of nitrogens with zero attached hydrogens (tertiary/aromatic N) is 1. The lowest BCUT2D eigenvalue weighted by molar-refractivity contribution is 0.393. The van der Waals surface area contributed by atoms with Gasteiger partial charge in [-0.2, -0.15) is 0 Å². The largest absolute Gasteiger partial charge is 0.495 e. The predicted octanol–water partition coefficient (Wildman–Crippen LogP) is 3.26. The maximum Gasteiger partial charge on any atom is 0.141 e. The number of aromatic nitrogens is 1. The second-order valence-corrected chi connectivity index (χ2v) is 4.64. The first-order valence-corrected chi connectivity index (χ1v) is 6.82. The Bertz CT molecular complexity index is 605. The summed E-state index contributed by atoms with van der Waals surface area (Å²) in [6, 6.07) is 7.01. The van der Waals surface area contributed by atoms with E-state index in [9.17, 15) is 8.78 Å². The molecular weight excluding hydrogens is 274 g/mol. The fourth-order valence-corrected chi connectivity index (χ4v) is 2.26. The van der Waals surface area contributed by atoms with Crippen LogP contribution in [0.15, 0.2) is 36.5 Å². The zero-order valence-corrected chi connectivity index (χ0v) is 12.1. The van der Waals surface area contributed by atoms with E-state index in [-0.39, 0.29) is 6.04 Å². The number of ether oxygens (including phenoxy) is 1. The maximum atomic E-state index is 13.8. The van der Waals surface area contributed by atoms with Gasteiger partial charge < -0.3 is 10.1 Å². The molecule has 1 aromatic heterocycles. The van der Waals surface area contributed by atoms with Gasteiger partial charge in [0.15, 0.2) is 0 Å². The van der Waals surface area contributed by atoms with Gasteiger partial charge in [0.25, 0.3) is 0 Å². The fourth-order valence-electron chi connectivity index (χ4n) is 2.26. The summed E-state index contributed by atoms with van der Waals surface area (Å²) in [6.07, 6.45) is 2.04. The molecule has 1 atom stereocenters. The fraction of sp³-hybridized carbons (Fsp3) is 0.312. The molecule has 3 nitrogen and oxygen atoms in total. The average molecular weight is 292 g/mol. The minimum Gasteiger partial charge on any atom is -0.495 e. The molecule has 0 fully saturated rings. The summed E-state index contributed by atoms with van der Waals surface area (Å²) in [4.78, 5) is 4.33. The second-order valence-electron chi connectivity index (χ2n) is 4.64. The summed E-state index contributed by atoms with van der Waals surface area (Å²) in [7, 11) is 1.57. The lowest BCUT2D eigenvalue weighted by Crippen LogP contribution is -2.24. The number of rotatable bonds is 6. The van der Waals surface area contributed by atoms with Crippen molar-refractivity contribution in [1.82, 2.24) is 10.3 Å². The van der Waals surface area contributed by atoms with Gasteiger partial charge in [-0.15, -0.1) is 0 Å². The Morgan fingerprint density at radius 1 is 1.29 bits per heavy atom. The van der Waals surface area contributed by atoms with Crippen molar-refractivity contribution in [3.63, 3.8) is 0 Å². The Labute approximate surface area is 123 Å².